The smallest absolute Gasteiger partial charge is 0.407 e. The molecular weight excluding hydrogens is 422 g/mol. The van der Waals surface area contributed by atoms with E-state index in [0.29, 0.717) is 11.2 Å². The van der Waals surface area contributed by atoms with E-state index in [-0.39, 0.29) is 41.6 Å². The topological polar surface area (TPSA) is 103 Å². The summed E-state index contributed by atoms with van der Waals surface area (Å²) in [6.45, 7) is 11.4. The van der Waals surface area contributed by atoms with Crippen LogP contribution in [0.15, 0.2) is 41.2 Å². The van der Waals surface area contributed by atoms with Gasteiger partial charge in [-0.25, -0.2) is 9.78 Å². The lowest BCUT2D eigenvalue weighted by Crippen LogP contribution is -2.34. The van der Waals surface area contributed by atoms with E-state index in [1.54, 1.807) is 31.4 Å². The molecule has 176 valence electrons. The van der Waals surface area contributed by atoms with Crippen LogP contribution in [0, 0.1) is 6.92 Å². The van der Waals surface area contributed by atoms with E-state index in [4.69, 9.17) is 14.5 Å². The van der Waals surface area contributed by atoms with Crippen LogP contribution in [-0.2, 0) is 4.74 Å². The number of phenolic OH excluding ortho intramolecular Hbond substituents is 1. The standard InChI is InChI=1S/C25H31N3O5/c1-15(2)22-27-20-18(23(30)28(22)17-9-7-16(3)8-10-17)11-12-19(29)21(20)32-14-13-26-24(31)33-25(4,5)6/h7-12,15,29H,13-14H2,1-6H3,(H,26,31). The summed E-state index contributed by atoms with van der Waals surface area (Å²) < 4.78 is 12.5. The van der Waals surface area contributed by atoms with Gasteiger partial charge >= 0.3 is 6.09 Å². The molecule has 0 aliphatic heterocycles. The molecule has 0 aliphatic carbocycles. The number of benzene rings is 2. The molecular formula is C25H31N3O5. The van der Waals surface area contributed by atoms with Gasteiger partial charge in [0.1, 0.15) is 23.5 Å². The molecule has 33 heavy (non-hydrogen) atoms. The highest BCUT2D eigenvalue weighted by Crippen LogP contribution is 2.33. The van der Waals surface area contributed by atoms with Gasteiger partial charge in [0.05, 0.1) is 17.6 Å². The van der Waals surface area contributed by atoms with Crippen LogP contribution in [0.4, 0.5) is 4.79 Å². The number of phenols is 1. The molecule has 0 aliphatic rings. The number of carbonyl (C=O) groups excluding carboxylic acids is 1. The van der Waals surface area contributed by atoms with Crippen molar-refractivity contribution in [2.45, 2.75) is 53.1 Å². The molecule has 0 fully saturated rings. The molecule has 1 aromatic heterocycles. The predicted molar refractivity (Wildman–Crippen MR) is 128 cm³/mol. The molecule has 0 bridgehead atoms. The maximum atomic E-state index is 13.5. The molecule has 0 spiro atoms. The highest BCUT2D eigenvalue weighted by Gasteiger charge is 2.20. The van der Waals surface area contributed by atoms with E-state index in [1.807, 2.05) is 45.0 Å². The number of hydrogen-bond acceptors (Lipinski definition) is 6. The third-order valence-electron chi connectivity index (χ3n) is 4.82. The number of ether oxygens (including phenoxy) is 2. The third kappa shape index (κ3) is 5.63. The van der Waals surface area contributed by atoms with Gasteiger partial charge in [0, 0.05) is 5.92 Å². The summed E-state index contributed by atoms with van der Waals surface area (Å²) in [7, 11) is 0. The summed E-state index contributed by atoms with van der Waals surface area (Å²) in [4.78, 5) is 30.0. The molecule has 1 heterocycles. The molecule has 0 saturated heterocycles. The van der Waals surface area contributed by atoms with Crippen molar-refractivity contribution < 1.29 is 19.4 Å². The molecule has 2 N–H and O–H groups in total. The van der Waals surface area contributed by atoms with E-state index in [0.717, 1.165) is 11.3 Å². The van der Waals surface area contributed by atoms with Crippen LogP contribution in [0.1, 0.15) is 51.9 Å². The Balaban J connectivity index is 1.95. The summed E-state index contributed by atoms with van der Waals surface area (Å²) in [5.74, 6) is 0.467. The Kier molecular flexibility index (Phi) is 6.95. The quantitative estimate of drug-likeness (QED) is 0.536. The normalized spacial score (nSPS) is 11.6. The summed E-state index contributed by atoms with van der Waals surface area (Å²) >= 11 is 0. The SMILES string of the molecule is Cc1ccc(-n2c(C(C)C)nc3c(OCCNC(=O)OC(C)(C)C)c(O)ccc3c2=O)cc1. The summed E-state index contributed by atoms with van der Waals surface area (Å²) in [6.07, 6.45) is -0.561. The fraction of sp³-hybridized carbons (Fsp3) is 0.400. The van der Waals surface area contributed by atoms with Crippen LogP contribution >= 0.6 is 0 Å². The first-order valence-electron chi connectivity index (χ1n) is 10.9. The van der Waals surface area contributed by atoms with E-state index in [2.05, 4.69) is 5.32 Å². The number of nitrogens with zero attached hydrogens (tertiary/aromatic N) is 2. The van der Waals surface area contributed by atoms with E-state index in [9.17, 15) is 14.7 Å². The van der Waals surface area contributed by atoms with E-state index in [1.165, 1.54) is 6.07 Å². The number of aryl methyl sites for hydroxylation is 1. The number of rotatable bonds is 6. The minimum atomic E-state index is -0.604. The van der Waals surface area contributed by atoms with Gasteiger partial charge in [0.25, 0.3) is 5.56 Å². The fourth-order valence-electron chi connectivity index (χ4n) is 3.33. The van der Waals surface area contributed by atoms with Crippen LogP contribution in [0.2, 0.25) is 0 Å². The Morgan fingerprint density at radius 3 is 2.42 bits per heavy atom. The molecule has 3 aromatic rings. The van der Waals surface area contributed by atoms with E-state index < -0.39 is 11.7 Å². The van der Waals surface area contributed by atoms with Crippen LogP contribution in [0.5, 0.6) is 11.5 Å². The summed E-state index contributed by atoms with van der Waals surface area (Å²) in [6, 6.07) is 10.6. The second-order valence-corrected chi connectivity index (χ2v) is 9.19. The van der Waals surface area contributed by atoms with Crippen molar-refractivity contribution >= 4 is 17.0 Å². The van der Waals surface area contributed by atoms with Crippen LogP contribution in [0.3, 0.4) is 0 Å². The van der Waals surface area contributed by atoms with Gasteiger partial charge in [0.2, 0.25) is 0 Å². The van der Waals surface area contributed by atoms with Gasteiger partial charge in [0.15, 0.2) is 11.5 Å². The van der Waals surface area contributed by atoms with Crippen LogP contribution in [0.25, 0.3) is 16.6 Å². The lowest BCUT2D eigenvalue weighted by atomic mass is 10.1. The van der Waals surface area contributed by atoms with Gasteiger partial charge in [-0.15, -0.1) is 0 Å². The zero-order valence-corrected chi connectivity index (χ0v) is 19.9. The number of hydrogen-bond donors (Lipinski definition) is 2. The van der Waals surface area contributed by atoms with Gasteiger partial charge in [-0.05, 0) is 52.0 Å². The Labute approximate surface area is 193 Å². The van der Waals surface area contributed by atoms with Gasteiger partial charge in [-0.1, -0.05) is 31.5 Å². The lowest BCUT2D eigenvalue weighted by Gasteiger charge is -2.20. The molecule has 8 nitrogen and oxygen atoms in total. The van der Waals surface area contributed by atoms with Crippen LogP contribution < -0.4 is 15.6 Å². The second kappa shape index (κ2) is 9.52. The molecule has 0 saturated carbocycles. The Morgan fingerprint density at radius 1 is 1.15 bits per heavy atom. The Bertz CT molecular complexity index is 1210. The number of fused-ring (bicyclic) bond motifs is 1. The highest BCUT2D eigenvalue weighted by atomic mass is 16.6. The van der Waals surface area contributed by atoms with Crippen molar-refractivity contribution in [1.82, 2.24) is 14.9 Å². The largest absolute Gasteiger partial charge is 0.504 e. The van der Waals surface area contributed by atoms with Crippen molar-refractivity contribution in [3.63, 3.8) is 0 Å². The molecule has 0 radical (unpaired) electrons. The maximum absolute atomic E-state index is 13.5. The number of amides is 1. The van der Waals surface area contributed by atoms with E-state index >= 15 is 0 Å². The van der Waals surface area contributed by atoms with Crippen molar-refractivity contribution in [3.05, 3.63) is 58.1 Å². The highest BCUT2D eigenvalue weighted by molar-refractivity contribution is 5.86. The second-order valence-electron chi connectivity index (χ2n) is 9.19. The first-order valence-corrected chi connectivity index (χ1v) is 10.9. The number of aromatic hydroxyl groups is 1. The van der Waals surface area contributed by atoms with Crippen LogP contribution in [-0.4, -0.2) is 39.5 Å². The fourth-order valence-corrected chi connectivity index (χ4v) is 3.33. The number of aromatic nitrogens is 2. The Hall–Kier alpha value is -3.55. The predicted octanol–water partition coefficient (Wildman–Crippen LogP) is 4.43. The van der Waals surface area contributed by atoms with Gasteiger partial charge < -0.3 is 19.9 Å². The zero-order chi connectivity index (χ0) is 24.3. The minimum Gasteiger partial charge on any atom is -0.504 e. The first kappa shape index (κ1) is 24.1. The lowest BCUT2D eigenvalue weighted by molar-refractivity contribution is 0.0520. The molecule has 2 aromatic carbocycles. The van der Waals surface area contributed by atoms with Crippen molar-refractivity contribution in [1.29, 1.82) is 0 Å². The average Bonchev–Trinajstić information content (AvgIpc) is 2.71. The number of nitrogens with one attached hydrogen (secondary N) is 1. The molecule has 0 unspecified atom stereocenters. The monoisotopic (exact) mass is 453 g/mol. The number of carbonyl (C=O) groups is 1. The molecule has 0 atom stereocenters. The Morgan fingerprint density at radius 2 is 1.82 bits per heavy atom. The zero-order valence-electron chi connectivity index (χ0n) is 19.9. The summed E-state index contributed by atoms with van der Waals surface area (Å²) in [5.41, 5.74) is 1.24. The first-order chi connectivity index (χ1) is 15.5. The molecule has 1 amide bonds. The average molecular weight is 454 g/mol. The minimum absolute atomic E-state index is 0.0612. The van der Waals surface area contributed by atoms with Crippen molar-refractivity contribution in [2.75, 3.05) is 13.2 Å². The summed E-state index contributed by atoms with van der Waals surface area (Å²) in [5, 5.41) is 13.3. The third-order valence-corrected chi connectivity index (χ3v) is 4.82. The van der Waals surface area contributed by atoms with Crippen molar-refractivity contribution in [2.24, 2.45) is 0 Å². The van der Waals surface area contributed by atoms with Gasteiger partial charge in [-0.3, -0.25) is 9.36 Å². The maximum Gasteiger partial charge on any atom is 0.407 e. The van der Waals surface area contributed by atoms with Gasteiger partial charge in [-0.2, -0.15) is 0 Å². The molecule has 3 rings (SSSR count). The number of alkyl carbamates (subject to hydrolysis) is 1. The van der Waals surface area contributed by atoms with Crippen molar-refractivity contribution in [3.8, 4) is 17.2 Å². The molecule has 8 heteroatoms.